The molecule has 2 N–H and O–H groups in total. The average Bonchev–Trinajstić information content (AvgIpc) is 2.47. The van der Waals surface area contributed by atoms with E-state index in [2.05, 4.69) is 10.6 Å². The molecule has 0 aliphatic carbocycles. The van der Waals surface area contributed by atoms with Crippen LogP contribution >= 0.6 is 12.2 Å². The Kier molecular flexibility index (Phi) is 5.24. The maximum absolute atomic E-state index is 12.2. The number of hydrogen-bond donors (Lipinski definition) is 2. The van der Waals surface area contributed by atoms with E-state index in [1.54, 1.807) is 30.3 Å². The molecular formula is C18H18N2O2S. The van der Waals surface area contributed by atoms with E-state index in [9.17, 15) is 9.59 Å². The molecule has 0 saturated carbocycles. The quantitative estimate of drug-likeness (QED) is 0.668. The standard InChI is InChI=1S/C18H18N2O2S/c1-11-4-9-16(12(2)10-11)17(22)20-18(23)19-15-7-5-14(6-8-15)13(3)21/h4-10H,1-3H3,(H2,19,20,22,23). The van der Waals surface area contributed by atoms with Crippen LogP contribution < -0.4 is 10.6 Å². The smallest absolute Gasteiger partial charge is 0.257 e. The monoisotopic (exact) mass is 326 g/mol. The van der Waals surface area contributed by atoms with Crippen molar-refractivity contribution in [3.05, 3.63) is 64.7 Å². The van der Waals surface area contributed by atoms with Crippen molar-refractivity contribution in [3.63, 3.8) is 0 Å². The fourth-order valence-electron chi connectivity index (χ4n) is 2.19. The third-order valence-electron chi connectivity index (χ3n) is 3.40. The van der Waals surface area contributed by atoms with E-state index in [4.69, 9.17) is 12.2 Å². The number of carbonyl (C=O) groups is 2. The van der Waals surface area contributed by atoms with E-state index in [0.717, 1.165) is 11.1 Å². The maximum Gasteiger partial charge on any atom is 0.257 e. The number of benzene rings is 2. The number of carbonyl (C=O) groups excluding carboxylic acids is 2. The van der Waals surface area contributed by atoms with E-state index in [1.807, 2.05) is 26.0 Å². The number of hydrogen-bond acceptors (Lipinski definition) is 3. The molecule has 118 valence electrons. The minimum Gasteiger partial charge on any atom is -0.332 e. The highest BCUT2D eigenvalue weighted by atomic mass is 32.1. The molecule has 0 atom stereocenters. The molecule has 0 fully saturated rings. The number of amides is 1. The number of ketones is 1. The van der Waals surface area contributed by atoms with Gasteiger partial charge in [0.1, 0.15) is 0 Å². The Balaban J connectivity index is 2.01. The Labute approximate surface area is 140 Å². The molecule has 0 bridgehead atoms. The zero-order chi connectivity index (χ0) is 17.0. The summed E-state index contributed by atoms with van der Waals surface area (Å²) < 4.78 is 0. The first-order valence-electron chi connectivity index (χ1n) is 7.17. The molecule has 0 aromatic heterocycles. The summed E-state index contributed by atoms with van der Waals surface area (Å²) in [5, 5.41) is 5.80. The van der Waals surface area contributed by atoms with Crippen molar-refractivity contribution >= 4 is 34.7 Å². The van der Waals surface area contributed by atoms with Crippen LogP contribution in [-0.2, 0) is 0 Å². The first-order chi connectivity index (χ1) is 10.9. The average molecular weight is 326 g/mol. The molecule has 2 rings (SSSR count). The first-order valence-corrected chi connectivity index (χ1v) is 7.58. The van der Waals surface area contributed by atoms with E-state index in [1.165, 1.54) is 6.92 Å². The number of anilines is 1. The van der Waals surface area contributed by atoms with Crippen molar-refractivity contribution in [2.24, 2.45) is 0 Å². The number of Topliss-reactive ketones (excluding diaryl/α,β-unsaturated/α-hetero) is 1. The van der Waals surface area contributed by atoms with Crippen molar-refractivity contribution in [3.8, 4) is 0 Å². The van der Waals surface area contributed by atoms with Gasteiger partial charge in [-0.1, -0.05) is 17.7 Å². The normalized spacial score (nSPS) is 10.0. The van der Waals surface area contributed by atoms with Crippen LogP contribution in [0.4, 0.5) is 5.69 Å². The Bertz CT molecular complexity index is 767. The van der Waals surface area contributed by atoms with E-state index >= 15 is 0 Å². The summed E-state index contributed by atoms with van der Waals surface area (Å²) in [6, 6.07) is 12.5. The van der Waals surface area contributed by atoms with Gasteiger partial charge in [0.25, 0.3) is 5.91 Å². The van der Waals surface area contributed by atoms with Crippen LogP contribution in [0.3, 0.4) is 0 Å². The molecule has 0 aliphatic rings. The van der Waals surface area contributed by atoms with Gasteiger partial charge in [-0.15, -0.1) is 0 Å². The lowest BCUT2D eigenvalue weighted by Gasteiger charge is -2.11. The highest BCUT2D eigenvalue weighted by molar-refractivity contribution is 7.80. The summed E-state index contributed by atoms with van der Waals surface area (Å²) in [6.45, 7) is 5.38. The van der Waals surface area contributed by atoms with Crippen LogP contribution in [0.15, 0.2) is 42.5 Å². The molecule has 2 aromatic carbocycles. The minimum absolute atomic E-state index is 0.00211. The molecule has 1 amide bonds. The van der Waals surface area contributed by atoms with Crippen molar-refractivity contribution < 1.29 is 9.59 Å². The zero-order valence-electron chi connectivity index (χ0n) is 13.3. The summed E-state index contributed by atoms with van der Waals surface area (Å²) in [6.07, 6.45) is 0. The number of thiocarbonyl (C=S) groups is 1. The lowest BCUT2D eigenvalue weighted by Crippen LogP contribution is -2.34. The molecular weight excluding hydrogens is 308 g/mol. The van der Waals surface area contributed by atoms with Gasteiger partial charge >= 0.3 is 0 Å². The van der Waals surface area contributed by atoms with Crippen LogP contribution in [0.2, 0.25) is 0 Å². The van der Waals surface area contributed by atoms with Crippen LogP contribution in [0.1, 0.15) is 38.8 Å². The van der Waals surface area contributed by atoms with Crippen LogP contribution in [0, 0.1) is 13.8 Å². The topological polar surface area (TPSA) is 58.2 Å². The largest absolute Gasteiger partial charge is 0.332 e. The lowest BCUT2D eigenvalue weighted by molar-refractivity contribution is 0.0975. The van der Waals surface area contributed by atoms with Crippen molar-refractivity contribution in [2.45, 2.75) is 20.8 Å². The fourth-order valence-corrected chi connectivity index (χ4v) is 2.40. The summed E-state index contributed by atoms with van der Waals surface area (Å²) in [5.41, 5.74) is 3.93. The zero-order valence-corrected chi connectivity index (χ0v) is 14.1. The Morgan fingerprint density at radius 3 is 2.22 bits per heavy atom. The molecule has 23 heavy (non-hydrogen) atoms. The van der Waals surface area contributed by atoms with Gasteiger partial charge in [0.2, 0.25) is 0 Å². The fraction of sp³-hybridized carbons (Fsp3) is 0.167. The van der Waals surface area contributed by atoms with Gasteiger partial charge in [0.15, 0.2) is 10.9 Å². The Hall–Kier alpha value is -2.53. The van der Waals surface area contributed by atoms with Gasteiger partial charge in [-0.25, -0.2) is 0 Å². The SMILES string of the molecule is CC(=O)c1ccc(NC(=S)NC(=O)c2ccc(C)cc2C)cc1. The second-order valence-corrected chi connectivity index (χ2v) is 5.77. The summed E-state index contributed by atoms with van der Waals surface area (Å²) in [7, 11) is 0. The molecule has 0 radical (unpaired) electrons. The van der Waals surface area contributed by atoms with E-state index in [0.29, 0.717) is 16.8 Å². The van der Waals surface area contributed by atoms with Crippen LogP contribution in [0.25, 0.3) is 0 Å². The summed E-state index contributed by atoms with van der Waals surface area (Å²) in [4.78, 5) is 23.5. The van der Waals surface area contributed by atoms with E-state index in [-0.39, 0.29) is 16.8 Å². The van der Waals surface area contributed by atoms with Crippen molar-refractivity contribution in [1.82, 2.24) is 5.32 Å². The molecule has 4 nitrogen and oxygen atoms in total. The predicted octanol–water partition coefficient (Wildman–Crippen LogP) is 3.63. The predicted molar refractivity (Wildman–Crippen MR) is 96.0 cm³/mol. The molecule has 0 heterocycles. The van der Waals surface area contributed by atoms with Crippen LogP contribution in [-0.4, -0.2) is 16.8 Å². The first kappa shape index (κ1) is 16.8. The van der Waals surface area contributed by atoms with Crippen molar-refractivity contribution in [1.29, 1.82) is 0 Å². The third-order valence-corrected chi connectivity index (χ3v) is 3.61. The van der Waals surface area contributed by atoms with E-state index < -0.39 is 0 Å². The van der Waals surface area contributed by atoms with Gasteiger partial charge in [0.05, 0.1) is 0 Å². The third kappa shape index (κ3) is 4.47. The Morgan fingerprint density at radius 2 is 1.65 bits per heavy atom. The molecule has 0 spiro atoms. The van der Waals surface area contributed by atoms with Gasteiger partial charge in [-0.3, -0.25) is 14.9 Å². The maximum atomic E-state index is 12.2. The molecule has 0 unspecified atom stereocenters. The number of rotatable bonds is 3. The molecule has 2 aromatic rings. The van der Waals surface area contributed by atoms with Crippen molar-refractivity contribution in [2.75, 3.05) is 5.32 Å². The summed E-state index contributed by atoms with van der Waals surface area (Å²) >= 11 is 5.16. The van der Waals surface area contributed by atoms with Gasteiger partial charge < -0.3 is 5.32 Å². The minimum atomic E-state index is -0.250. The van der Waals surface area contributed by atoms with Crippen LogP contribution in [0.5, 0.6) is 0 Å². The second kappa shape index (κ2) is 7.15. The summed E-state index contributed by atoms with van der Waals surface area (Å²) in [5.74, 6) is -0.248. The van der Waals surface area contributed by atoms with Gasteiger partial charge in [0, 0.05) is 16.8 Å². The van der Waals surface area contributed by atoms with Gasteiger partial charge in [-0.2, -0.15) is 0 Å². The molecule has 0 aliphatic heterocycles. The second-order valence-electron chi connectivity index (χ2n) is 5.36. The van der Waals surface area contributed by atoms with Gasteiger partial charge in [-0.05, 0) is 68.9 Å². The Morgan fingerprint density at radius 1 is 1.00 bits per heavy atom. The lowest BCUT2D eigenvalue weighted by atomic mass is 10.1. The number of nitrogens with one attached hydrogen (secondary N) is 2. The highest BCUT2D eigenvalue weighted by Crippen LogP contribution is 2.12. The number of aryl methyl sites for hydroxylation is 2. The molecule has 5 heteroatoms. The highest BCUT2D eigenvalue weighted by Gasteiger charge is 2.11. The molecule has 0 saturated heterocycles.